The maximum absolute atomic E-state index is 12.7. The zero-order valence-corrected chi connectivity index (χ0v) is 15.5. The van der Waals surface area contributed by atoms with E-state index < -0.39 is 0 Å². The summed E-state index contributed by atoms with van der Waals surface area (Å²) >= 11 is 0. The van der Waals surface area contributed by atoms with E-state index in [1.807, 2.05) is 4.57 Å². The van der Waals surface area contributed by atoms with E-state index in [9.17, 15) is 9.59 Å². The molecule has 0 aromatic carbocycles. The summed E-state index contributed by atoms with van der Waals surface area (Å²) in [5.74, 6) is 1.50. The van der Waals surface area contributed by atoms with Crippen molar-refractivity contribution in [1.82, 2.24) is 24.0 Å². The minimum Gasteiger partial charge on any atom is -0.322 e. The Morgan fingerprint density at radius 1 is 1.23 bits per heavy atom. The van der Waals surface area contributed by atoms with Gasteiger partial charge in [-0.05, 0) is 44.7 Å². The van der Waals surface area contributed by atoms with Gasteiger partial charge >= 0.3 is 5.69 Å². The van der Waals surface area contributed by atoms with Crippen molar-refractivity contribution in [2.75, 3.05) is 13.1 Å². The molecule has 8 heteroatoms. The van der Waals surface area contributed by atoms with E-state index in [0.717, 1.165) is 49.2 Å². The molecule has 1 aliphatic rings. The van der Waals surface area contributed by atoms with Crippen LogP contribution in [0, 0.1) is 17.2 Å². The van der Waals surface area contributed by atoms with Crippen molar-refractivity contribution in [2.24, 2.45) is 20.0 Å². The minimum absolute atomic E-state index is 0.319. The van der Waals surface area contributed by atoms with Crippen LogP contribution in [0.15, 0.2) is 9.59 Å². The van der Waals surface area contributed by atoms with E-state index in [-0.39, 0.29) is 11.2 Å². The van der Waals surface area contributed by atoms with E-state index in [4.69, 9.17) is 5.26 Å². The summed E-state index contributed by atoms with van der Waals surface area (Å²) in [7, 11) is 3.14. The number of aryl methyl sites for hydroxylation is 3. The fraction of sp³-hybridized carbons (Fsp3) is 0.667. The summed E-state index contributed by atoms with van der Waals surface area (Å²) in [6, 6.07) is 2.15. The van der Waals surface area contributed by atoms with Crippen molar-refractivity contribution >= 4 is 11.2 Å². The number of nitrogens with zero attached hydrogens (tertiary/aromatic N) is 5. The first-order valence-electron chi connectivity index (χ1n) is 9.27. The molecule has 0 aliphatic carbocycles. The normalized spacial score (nSPS) is 15.4. The zero-order valence-electron chi connectivity index (χ0n) is 15.5. The SMILES string of the molecule is Cn1c(=O)c2c(nc(CCC3CCNCC3)n2CCCC#N)n(C)c1=O. The fourth-order valence-electron chi connectivity index (χ4n) is 3.74. The molecule has 26 heavy (non-hydrogen) atoms. The summed E-state index contributed by atoms with van der Waals surface area (Å²) < 4.78 is 4.49. The van der Waals surface area contributed by atoms with Gasteiger partial charge in [0.05, 0.1) is 6.07 Å². The van der Waals surface area contributed by atoms with Gasteiger partial charge in [0.2, 0.25) is 0 Å². The molecule has 1 N–H and O–H groups in total. The standard InChI is InChI=1S/C18H26N6O2/c1-22-16-15(17(25)23(2)18(22)26)24(12-4-3-9-19)14(21-16)6-5-13-7-10-20-11-8-13/h13,20H,3-8,10-12H2,1-2H3. The molecule has 1 saturated heterocycles. The van der Waals surface area contributed by atoms with Crippen LogP contribution in [0.3, 0.4) is 0 Å². The molecule has 0 spiro atoms. The highest BCUT2D eigenvalue weighted by Gasteiger charge is 2.20. The van der Waals surface area contributed by atoms with Crippen LogP contribution in [0.5, 0.6) is 0 Å². The molecule has 2 aromatic rings. The first kappa shape index (κ1) is 18.4. The number of nitriles is 1. The van der Waals surface area contributed by atoms with Gasteiger partial charge in [-0.25, -0.2) is 9.78 Å². The van der Waals surface area contributed by atoms with Gasteiger partial charge in [0.25, 0.3) is 5.56 Å². The van der Waals surface area contributed by atoms with E-state index in [0.29, 0.717) is 36.5 Å². The van der Waals surface area contributed by atoms with Gasteiger partial charge in [0.15, 0.2) is 11.2 Å². The Kier molecular flexibility index (Phi) is 5.57. The lowest BCUT2D eigenvalue weighted by Crippen LogP contribution is -2.37. The van der Waals surface area contributed by atoms with Crippen LogP contribution in [0.1, 0.15) is 37.9 Å². The minimum atomic E-state index is -0.367. The second-order valence-corrected chi connectivity index (χ2v) is 7.05. The van der Waals surface area contributed by atoms with Crippen LogP contribution in [0.4, 0.5) is 0 Å². The molecule has 0 unspecified atom stereocenters. The predicted octanol–water partition coefficient (Wildman–Crippen LogP) is 0.670. The Labute approximate surface area is 152 Å². The lowest BCUT2D eigenvalue weighted by Gasteiger charge is -2.22. The van der Waals surface area contributed by atoms with Crippen molar-refractivity contribution in [2.45, 2.75) is 45.1 Å². The van der Waals surface area contributed by atoms with Crippen LogP contribution >= 0.6 is 0 Å². The van der Waals surface area contributed by atoms with Gasteiger partial charge in [-0.3, -0.25) is 13.9 Å². The largest absolute Gasteiger partial charge is 0.332 e. The molecule has 3 rings (SSSR count). The second-order valence-electron chi connectivity index (χ2n) is 7.05. The number of aromatic nitrogens is 4. The number of fused-ring (bicyclic) bond motifs is 1. The zero-order chi connectivity index (χ0) is 18.7. The highest BCUT2D eigenvalue weighted by atomic mass is 16.2. The Balaban J connectivity index is 2.00. The number of hydrogen-bond acceptors (Lipinski definition) is 5. The molecule has 140 valence electrons. The van der Waals surface area contributed by atoms with Crippen LogP contribution < -0.4 is 16.6 Å². The second kappa shape index (κ2) is 7.87. The van der Waals surface area contributed by atoms with E-state index >= 15 is 0 Å². The molecule has 0 atom stereocenters. The smallest absolute Gasteiger partial charge is 0.322 e. The topological polar surface area (TPSA) is 97.6 Å². The number of unbranched alkanes of at least 4 members (excludes halogenated alkanes) is 1. The molecule has 0 bridgehead atoms. The Hall–Kier alpha value is -2.40. The van der Waals surface area contributed by atoms with E-state index in [1.54, 1.807) is 7.05 Å². The third-order valence-corrected chi connectivity index (χ3v) is 5.33. The molecule has 8 nitrogen and oxygen atoms in total. The summed E-state index contributed by atoms with van der Waals surface area (Å²) in [4.78, 5) is 29.6. The van der Waals surface area contributed by atoms with Crippen molar-refractivity contribution in [3.63, 3.8) is 0 Å². The molecule has 1 aliphatic heterocycles. The number of imidazole rings is 1. The molecule has 2 aromatic heterocycles. The summed E-state index contributed by atoms with van der Waals surface area (Å²) in [5, 5.41) is 12.2. The average Bonchev–Trinajstić information content (AvgIpc) is 3.03. The van der Waals surface area contributed by atoms with Gasteiger partial charge in [0.1, 0.15) is 5.82 Å². The number of rotatable bonds is 6. The quantitative estimate of drug-likeness (QED) is 0.766. The first-order chi connectivity index (χ1) is 12.5. The third-order valence-electron chi connectivity index (χ3n) is 5.33. The lowest BCUT2D eigenvalue weighted by atomic mass is 9.93. The number of nitrogens with one attached hydrogen (secondary N) is 1. The van der Waals surface area contributed by atoms with Gasteiger partial charge in [-0.1, -0.05) is 0 Å². The summed E-state index contributed by atoms with van der Waals surface area (Å²) in [6.07, 6.45) is 5.22. The molecule has 0 radical (unpaired) electrons. The molecule has 3 heterocycles. The summed E-state index contributed by atoms with van der Waals surface area (Å²) in [6.45, 7) is 2.68. The van der Waals surface area contributed by atoms with Crippen molar-refractivity contribution < 1.29 is 0 Å². The summed E-state index contributed by atoms with van der Waals surface area (Å²) in [5.41, 5.74) is 0.220. The van der Waals surface area contributed by atoms with Crippen LogP contribution in [0.2, 0.25) is 0 Å². The van der Waals surface area contributed by atoms with Gasteiger partial charge in [0, 0.05) is 33.5 Å². The van der Waals surface area contributed by atoms with Gasteiger partial charge in [-0.15, -0.1) is 0 Å². The Morgan fingerprint density at radius 2 is 1.96 bits per heavy atom. The maximum Gasteiger partial charge on any atom is 0.332 e. The van der Waals surface area contributed by atoms with Crippen LogP contribution in [-0.2, 0) is 27.1 Å². The van der Waals surface area contributed by atoms with Crippen molar-refractivity contribution in [1.29, 1.82) is 5.26 Å². The van der Waals surface area contributed by atoms with E-state index in [2.05, 4.69) is 16.4 Å². The van der Waals surface area contributed by atoms with Gasteiger partial charge < -0.3 is 9.88 Å². The van der Waals surface area contributed by atoms with Crippen molar-refractivity contribution in [3.05, 3.63) is 26.7 Å². The number of hydrogen-bond donors (Lipinski definition) is 1. The molecule has 0 saturated carbocycles. The first-order valence-corrected chi connectivity index (χ1v) is 9.27. The average molecular weight is 358 g/mol. The number of piperidine rings is 1. The van der Waals surface area contributed by atoms with E-state index in [1.165, 1.54) is 11.6 Å². The fourth-order valence-corrected chi connectivity index (χ4v) is 3.74. The molecule has 0 amide bonds. The molecular weight excluding hydrogens is 332 g/mol. The molecular formula is C18H26N6O2. The Morgan fingerprint density at radius 3 is 2.65 bits per heavy atom. The van der Waals surface area contributed by atoms with Gasteiger partial charge in [-0.2, -0.15) is 5.26 Å². The monoisotopic (exact) mass is 358 g/mol. The highest BCUT2D eigenvalue weighted by molar-refractivity contribution is 5.71. The Bertz CT molecular complexity index is 940. The lowest BCUT2D eigenvalue weighted by molar-refractivity contribution is 0.350. The molecule has 1 fully saturated rings. The third kappa shape index (κ3) is 3.44. The predicted molar refractivity (Wildman–Crippen MR) is 99.0 cm³/mol. The van der Waals surface area contributed by atoms with Crippen LogP contribution in [-0.4, -0.2) is 31.8 Å². The maximum atomic E-state index is 12.7. The highest BCUT2D eigenvalue weighted by Crippen LogP contribution is 2.20. The van der Waals surface area contributed by atoms with Crippen LogP contribution in [0.25, 0.3) is 11.2 Å². The van der Waals surface area contributed by atoms with Crippen molar-refractivity contribution in [3.8, 4) is 6.07 Å².